The van der Waals surface area contributed by atoms with Crippen LogP contribution in [0.5, 0.6) is 0 Å². The van der Waals surface area contributed by atoms with E-state index in [4.69, 9.17) is 5.73 Å². The molecule has 0 aliphatic heterocycles. The number of benzene rings is 2. The molecule has 2 amide bonds. The van der Waals surface area contributed by atoms with Crippen LogP contribution < -0.4 is 16.4 Å². The Bertz CT molecular complexity index is 1680. The van der Waals surface area contributed by atoms with Gasteiger partial charge >= 0.3 is 6.18 Å². The number of amides is 2. The Morgan fingerprint density at radius 3 is 2.43 bits per heavy atom. The summed E-state index contributed by atoms with van der Waals surface area (Å²) in [7, 11) is 0. The van der Waals surface area contributed by atoms with Crippen molar-refractivity contribution in [2.24, 2.45) is 5.73 Å². The highest BCUT2D eigenvalue weighted by atomic mass is 19.4. The molecule has 1 atom stereocenters. The number of carbonyl (C=O) groups excluding carboxylic acids is 2. The van der Waals surface area contributed by atoms with Crippen molar-refractivity contribution in [3.8, 4) is 11.1 Å². The normalized spacial score (nSPS) is 14.0. The molecule has 14 heteroatoms. The van der Waals surface area contributed by atoms with Gasteiger partial charge in [0, 0.05) is 42.2 Å². The first-order chi connectivity index (χ1) is 20.9. The van der Waals surface area contributed by atoms with E-state index in [1.54, 1.807) is 12.1 Å². The second-order valence-electron chi connectivity index (χ2n) is 10.5. The third-order valence-electron chi connectivity index (χ3n) is 6.98. The number of hydrogen-bond donors (Lipinski definition) is 3. The largest absolute Gasteiger partial charge is 0.435 e. The van der Waals surface area contributed by atoms with Crippen molar-refractivity contribution in [1.29, 1.82) is 0 Å². The molecule has 4 aromatic rings. The number of nitrogens with two attached hydrogens (primary N) is 1. The monoisotopic (exact) mass is 616 g/mol. The van der Waals surface area contributed by atoms with E-state index in [1.165, 1.54) is 18.3 Å². The van der Waals surface area contributed by atoms with Crippen LogP contribution in [0.1, 0.15) is 51.8 Å². The van der Waals surface area contributed by atoms with E-state index in [-0.39, 0.29) is 35.8 Å². The molecule has 1 saturated carbocycles. The minimum absolute atomic E-state index is 0.0723. The number of primary amides is 1. The van der Waals surface area contributed by atoms with Gasteiger partial charge in [0.2, 0.25) is 5.91 Å². The van der Waals surface area contributed by atoms with Gasteiger partial charge in [-0.05, 0) is 60.7 Å². The van der Waals surface area contributed by atoms with E-state index in [9.17, 15) is 35.9 Å². The zero-order valence-electron chi connectivity index (χ0n) is 23.0. The average Bonchev–Trinajstić information content (AvgIpc) is 3.68. The second kappa shape index (κ2) is 12.5. The molecule has 2 aromatic carbocycles. The number of nitrogens with one attached hydrogen (secondary N) is 2. The Kier molecular flexibility index (Phi) is 8.72. The number of alkyl halides is 3. The third-order valence-corrected chi connectivity index (χ3v) is 6.98. The molecule has 5 rings (SSSR count). The number of rotatable bonds is 11. The van der Waals surface area contributed by atoms with Gasteiger partial charge in [-0.1, -0.05) is 12.1 Å². The summed E-state index contributed by atoms with van der Waals surface area (Å²) < 4.78 is 84.2. The van der Waals surface area contributed by atoms with Crippen LogP contribution in [-0.4, -0.2) is 32.6 Å². The van der Waals surface area contributed by atoms with Gasteiger partial charge in [0.05, 0.1) is 17.3 Å². The maximum atomic E-state index is 14.2. The van der Waals surface area contributed by atoms with Crippen molar-refractivity contribution in [3.05, 3.63) is 106 Å². The fraction of sp³-hybridized carbons (Fsp3) is 0.267. The Balaban J connectivity index is 1.47. The Hall–Kier alpha value is -4.72. The van der Waals surface area contributed by atoms with Crippen molar-refractivity contribution < 1.29 is 35.9 Å². The number of carbonyl (C=O) groups is 2. The molecule has 0 spiro atoms. The van der Waals surface area contributed by atoms with Gasteiger partial charge in [-0.3, -0.25) is 19.3 Å². The SMILES string of the molecule is NC(=O)c1cc(-c2cccnc2[C@H](Cc2cc(F)cc(F)c2)NC(=O)Cn2cc(CNC3CC3)c(C(F)(F)F)n2)ccc1F. The topological polar surface area (TPSA) is 115 Å². The van der Waals surface area contributed by atoms with E-state index in [2.05, 4.69) is 20.7 Å². The molecular formula is C30H26F6N6O2. The molecule has 1 aliphatic carbocycles. The Labute approximate surface area is 247 Å². The van der Waals surface area contributed by atoms with E-state index in [0.717, 1.165) is 41.9 Å². The number of pyridine rings is 1. The summed E-state index contributed by atoms with van der Waals surface area (Å²) in [6.45, 7) is -0.678. The number of aromatic nitrogens is 3. The van der Waals surface area contributed by atoms with Crippen LogP contribution in [0.25, 0.3) is 11.1 Å². The summed E-state index contributed by atoms with van der Waals surface area (Å²) in [6, 6.07) is 8.61. The molecule has 0 radical (unpaired) electrons. The van der Waals surface area contributed by atoms with Crippen LogP contribution in [0.4, 0.5) is 26.3 Å². The molecule has 0 unspecified atom stereocenters. The molecule has 230 valence electrons. The Morgan fingerprint density at radius 1 is 1.05 bits per heavy atom. The average molecular weight is 617 g/mol. The highest BCUT2D eigenvalue weighted by Crippen LogP contribution is 2.32. The smallest absolute Gasteiger partial charge is 0.366 e. The predicted octanol–water partition coefficient (Wildman–Crippen LogP) is 4.83. The lowest BCUT2D eigenvalue weighted by atomic mass is 9.94. The molecule has 4 N–H and O–H groups in total. The minimum Gasteiger partial charge on any atom is -0.366 e. The molecular weight excluding hydrogens is 590 g/mol. The van der Waals surface area contributed by atoms with E-state index >= 15 is 0 Å². The van der Waals surface area contributed by atoms with Crippen molar-refractivity contribution in [1.82, 2.24) is 25.4 Å². The fourth-order valence-corrected chi connectivity index (χ4v) is 4.84. The van der Waals surface area contributed by atoms with Gasteiger partial charge in [0.1, 0.15) is 24.0 Å². The van der Waals surface area contributed by atoms with Crippen LogP contribution in [0.15, 0.2) is 60.9 Å². The van der Waals surface area contributed by atoms with E-state index in [1.807, 2.05) is 0 Å². The quantitative estimate of drug-likeness (QED) is 0.209. The van der Waals surface area contributed by atoms with Crippen molar-refractivity contribution in [3.63, 3.8) is 0 Å². The molecule has 2 heterocycles. The number of halogens is 6. The van der Waals surface area contributed by atoms with Gasteiger partial charge in [0.15, 0.2) is 5.69 Å². The van der Waals surface area contributed by atoms with Crippen molar-refractivity contribution in [2.75, 3.05) is 0 Å². The van der Waals surface area contributed by atoms with Crippen molar-refractivity contribution in [2.45, 2.75) is 50.6 Å². The maximum absolute atomic E-state index is 14.2. The summed E-state index contributed by atoms with van der Waals surface area (Å²) in [5.41, 5.74) is 4.65. The second-order valence-corrected chi connectivity index (χ2v) is 10.5. The van der Waals surface area contributed by atoms with Gasteiger partial charge in [-0.15, -0.1) is 0 Å². The summed E-state index contributed by atoms with van der Waals surface area (Å²) in [6.07, 6.45) is -0.654. The van der Waals surface area contributed by atoms with Crippen molar-refractivity contribution >= 4 is 11.8 Å². The first-order valence-electron chi connectivity index (χ1n) is 13.5. The van der Waals surface area contributed by atoms with Gasteiger partial charge in [-0.25, -0.2) is 13.2 Å². The lowest BCUT2D eigenvalue weighted by Gasteiger charge is -2.22. The summed E-state index contributed by atoms with van der Waals surface area (Å²) in [4.78, 5) is 29.4. The molecule has 0 bridgehead atoms. The summed E-state index contributed by atoms with van der Waals surface area (Å²) in [5, 5.41) is 9.29. The zero-order chi connectivity index (χ0) is 31.6. The fourth-order valence-electron chi connectivity index (χ4n) is 4.84. The first kappa shape index (κ1) is 30.7. The highest BCUT2D eigenvalue weighted by Gasteiger charge is 2.37. The minimum atomic E-state index is -4.74. The van der Waals surface area contributed by atoms with Crippen LogP contribution in [0, 0.1) is 17.5 Å². The molecule has 2 aromatic heterocycles. The molecule has 1 aliphatic rings. The first-order valence-corrected chi connectivity index (χ1v) is 13.5. The number of hydrogen-bond acceptors (Lipinski definition) is 5. The molecule has 0 saturated heterocycles. The van der Waals surface area contributed by atoms with Gasteiger partial charge in [0.25, 0.3) is 5.91 Å². The highest BCUT2D eigenvalue weighted by molar-refractivity contribution is 5.94. The van der Waals surface area contributed by atoms with Gasteiger partial charge in [-0.2, -0.15) is 18.3 Å². The third kappa shape index (κ3) is 7.43. The molecule has 8 nitrogen and oxygen atoms in total. The maximum Gasteiger partial charge on any atom is 0.435 e. The molecule has 1 fully saturated rings. The summed E-state index contributed by atoms with van der Waals surface area (Å²) in [5.74, 6) is -4.35. The van der Waals surface area contributed by atoms with Crippen LogP contribution >= 0.6 is 0 Å². The zero-order valence-corrected chi connectivity index (χ0v) is 23.0. The molecule has 44 heavy (non-hydrogen) atoms. The van der Waals surface area contributed by atoms with Crippen LogP contribution in [0.3, 0.4) is 0 Å². The van der Waals surface area contributed by atoms with Crippen LogP contribution in [-0.2, 0) is 30.5 Å². The van der Waals surface area contributed by atoms with E-state index < -0.39 is 59.3 Å². The standard InChI is InChI=1S/C30H26F6N6O2/c31-19-8-16(9-20(32)12-19)10-25(27-22(2-1-7-38-27)17-3-6-24(33)23(11-17)29(37)44)40-26(43)15-42-14-18(13-39-21-4-5-21)28(41-42)30(34,35)36/h1-3,6-9,11-12,14,21,25,39H,4-5,10,13,15H2,(H2,37,44)(H,40,43)/t25-/m0/s1. The lowest BCUT2D eigenvalue weighted by Crippen LogP contribution is -2.34. The van der Waals surface area contributed by atoms with Crippen LogP contribution in [0.2, 0.25) is 0 Å². The van der Waals surface area contributed by atoms with Gasteiger partial charge < -0.3 is 16.4 Å². The lowest BCUT2D eigenvalue weighted by molar-refractivity contribution is -0.142. The number of nitrogens with zero attached hydrogens (tertiary/aromatic N) is 3. The Morgan fingerprint density at radius 2 is 1.77 bits per heavy atom. The van der Waals surface area contributed by atoms with E-state index in [0.29, 0.717) is 17.2 Å². The summed E-state index contributed by atoms with van der Waals surface area (Å²) >= 11 is 0. The predicted molar refractivity (Wildman–Crippen MR) is 146 cm³/mol.